The molecule has 0 heterocycles. The van der Waals surface area contributed by atoms with E-state index in [1.165, 1.54) is 11.1 Å². The monoisotopic (exact) mass is 369 g/mol. The number of hydrogen-bond donors (Lipinski definition) is 1. The van der Waals surface area contributed by atoms with Crippen molar-refractivity contribution < 1.29 is 19.1 Å². The van der Waals surface area contributed by atoms with Gasteiger partial charge in [-0.2, -0.15) is 0 Å². The van der Waals surface area contributed by atoms with Gasteiger partial charge < -0.3 is 10.1 Å². The van der Waals surface area contributed by atoms with Crippen LogP contribution < -0.4 is 5.32 Å². The Hall–Kier alpha value is -2.17. The van der Waals surface area contributed by atoms with Crippen LogP contribution in [0.5, 0.6) is 0 Å². The maximum atomic E-state index is 12.4. The second-order valence-electron chi connectivity index (χ2n) is 8.21. The molecule has 5 heteroatoms. The molecule has 2 saturated carbocycles. The molecular formula is C22H27NO4. The van der Waals surface area contributed by atoms with Gasteiger partial charge in [0.05, 0.1) is 12.0 Å². The van der Waals surface area contributed by atoms with Crippen molar-refractivity contribution in [3.8, 4) is 0 Å². The Morgan fingerprint density at radius 2 is 1.78 bits per heavy atom. The van der Waals surface area contributed by atoms with E-state index < -0.39 is 0 Å². The molecule has 0 spiro atoms. The van der Waals surface area contributed by atoms with Crippen LogP contribution in [0.4, 0.5) is 0 Å². The van der Waals surface area contributed by atoms with Crippen molar-refractivity contribution in [2.24, 2.45) is 17.8 Å². The van der Waals surface area contributed by atoms with E-state index in [9.17, 15) is 14.4 Å². The Kier molecular flexibility index (Phi) is 5.28. The molecule has 4 rings (SSSR count). The fourth-order valence-electron chi connectivity index (χ4n) is 5.07. The van der Waals surface area contributed by atoms with E-state index in [0.29, 0.717) is 18.6 Å². The third-order valence-corrected chi connectivity index (χ3v) is 6.43. The number of amides is 1. The van der Waals surface area contributed by atoms with Crippen LogP contribution in [0, 0.1) is 17.8 Å². The molecule has 1 unspecified atom stereocenters. The summed E-state index contributed by atoms with van der Waals surface area (Å²) in [7, 11) is 0. The van der Waals surface area contributed by atoms with Crippen molar-refractivity contribution in [1.82, 2.24) is 5.32 Å². The van der Waals surface area contributed by atoms with Gasteiger partial charge in [0.25, 0.3) is 5.91 Å². The molecule has 1 aromatic carbocycles. The summed E-state index contributed by atoms with van der Waals surface area (Å²) in [6.45, 7) is -0.239. The number of hydrogen-bond acceptors (Lipinski definition) is 4. The fraction of sp³-hybridized carbons (Fsp3) is 0.591. The van der Waals surface area contributed by atoms with E-state index in [1.54, 1.807) is 0 Å². The summed E-state index contributed by atoms with van der Waals surface area (Å²) in [6, 6.07) is 8.17. The number of ketones is 1. The molecule has 0 radical (unpaired) electrons. The van der Waals surface area contributed by atoms with Crippen LogP contribution in [0.15, 0.2) is 24.3 Å². The van der Waals surface area contributed by atoms with Crippen molar-refractivity contribution in [3.63, 3.8) is 0 Å². The molecule has 1 amide bonds. The Bertz CT molecular complexity index is 728. The van der Waals surface area contributed by atoms with Crippen molar-refractivity contribution >= 4 is 17.7 Å². The topological polar surface area (TPSA) is 72.5 Å². The van der Waals surface area contributed by atoms with E-state index in [-0.39, 0.29) is 42.3 Å². The maximum Gasteiger partial charge on any atom is 0.309 e. The first-order chi connectivity index (χ1) is 13.1. The largest absolute Gasteiger partial charge is 0.455 e. The summed E-state index contributed by atoms with van der Waals surface area (Å²) in [5.41, 5.74) is 2.45. The van der Waals surface area contributed by atoms with Gasteiger partial charge >= 0.3 is 5.97 Å². The maximum absolute atomic E-state index is 12.4. The summed E-state index contributed by atoms with van der Waals surface area (Å²) >= 11 is 0. The first kappa shape index (κ1) is 18.2. The summed E-state index contributed by atoms with van der Waals surface area (Å²) < 4.78 is 5.31. The number of aryl methyl sites for hydroxylation is 1. The number of Topliss-reactive ketones (excluding diaryl/α,β-unsaturated/α-hetero) is 1. The zero-order chi connectivity index (χ0) is 18.8. The lowest BCUT2D eigenvalue weighted by Gasteiger charge is -2.36. The standard InChI is InChI=1S/C22H27NO4/c24-20(23-19-10-4-6-14-5-1-2-9-18(14)19)13-27-22(26)17-11-15-7-3-8-16(12-17)21(15)25/h1-2,5,9,15-17,19H,3-4,6-8,10-13H2,(H,23,24)/t15-,16+,17?,19-/m1/s1. The molecule has 4 atom stereocenters. The average molecular weight is 369 g/mol. The molecule has 5 nitrogen and oxygen atoms in total. The van der Waals surface area contributed by atoms with Gasteiger partial charge in [-0.3, -0.25) is 14.4 Å². The molecule has 144 valence electrons. The van der Waals surface area contributed by atoms with Crippen LogP contribution in [-0.4, -0.2) is 24.3 Å². The fourth-order valence-corrected chi connectivity index (χ4v) is 5.07. The van der Waals surface area contributed by atoms with Gasteiger partial charge in [-0.05, 0) is 56.1 Å². The Balaban J connectivity index is 1.29. The second kappa shape index (κ2) is 7.83. The van der Waals surface area contributed by atoms with Crippen LogP contribution in [0.3, 0.4) is 0 Å². The zero-order valence-electron chi connectivity index (χ0n) is 15.6. The molecule has 1 aromatic rings. The predicted octanol–water partition coefficient (Wildman–Crippen LogP) is 3.12. The van der Waals surface area contributed by atoms with Crippen LogP contribution in [0.25, 0.3) is 0 Å². The highest BCUT2D eigenvalue weighted by molar-refractivity contribution is 5.88. The number of nitrogens with one attached hydrogen (secondary N) is 1. The Morgan fingerprint density at radius 1 is 1.04 bits per heavy atom. The quantitative estimate of drug-likeness (QED) is 0.828. The zero-order valence-corrected chi connectivity index (χ0v) is 15.6. The van der Waals surface area contributed by atoms with Crippen LogP contribution >= 0.6 is 0 Å². The van der Waals surface area contributed by atoms with Gasteiger partial charge in [0.1, 0.15) is 5.78 Å². The smallest absolute Gasteiger partial charge is 0.309 e. The Morgan fingerprint density at radius 3 is 2.56 bits per heavy atom. The number of esters is 1. The summed E-state index contributed by atoms with van der Waals surface area (Å²) in [4.78, 5) is 36.9. The van der Waals surface area contributed by atoms with E-state index in [0.717, 1.165) is 38.5 Å². The van der Waals surface area contributed by atoms with Crippen molar-refractivity contribution in [3.05, 3.63) is 35.4 Å². The number of benzene rings is 1. The van der Waals surface area contributed by atoms with Gasteiger partial charge in [0.2, 0.25) is 0 Å². The number of fused-ring (bicyclic) bond motifs is 3. The Labute approximate surface area is 159 Å². The third kappa shape index (κ3) is 3.92. The SMILES string of the molecule is O=C(COC(=O)C1C[C@H]2CCC[C@@H](C1)C2=O)N[C@@H]1CCCc2ccccc21. The first-order valence-electron chi connectivity index (χ1n) is 10.2. The van der Waals surface area contributed by atoms with E-state index >= 15 is 0 Å². The molecule has 0 aromatic heterocycles. The lowest BCUT2D eigenvalue weighted by Crippen LogP contribution is -2.40. The van der Waals surface area contributed by atoms with Crippen molar-refractivity contribution in [2.75, 3.05) is 6.61 Å². The summed E-state index contributed by atoms with van der Waals surface area (Å²) in [5, 5.41) is 3.01. The molecule has 2 bridgehead atoms. The third-order valence-electron chi connectivity index (χ3n) is 6.43. The van der Waals surface area contributed by atoms with Gasteiger partial charge in [0.15, 0.2) is 6.61 Å². The minimum atomic E-state index is -0.321. The average Bonchev–Trinajstić information content (AvgIpc) is 2.66. The molecule has 3 aliphatic carbocycles. The molecule has 0 aliphatic heterocycles. The summed E-state index contributed by atoms with van der Waals surface area (Å²) in [5.74, 6) is -0.443. The van der Waals surface area contributed by atoms with Crippen LogP contribution in [-0.2, 0) is 25.5 Å². The van der Waals surface area contributed by atoms with Gasteiger partial charge in [0, 0.05) is 11.8 Å². The lowest BCUT2D eigenvalue weighted by atomic mass is 9.67. The van der Waals surface area contributed by atoms with Crippen molar-refractivity contribution in [1.29, 1.82) is 0 Å². The lowest BCUT2D eigenvalue weighted by molar-refractivity contribution is -0.156. The predicted molar refractivity (Wildman–Crippen MR) is 99.8 cm³/mol. The highest BCUT2D eigenvalue weighted by Crippen LogP contribution is 2.40. The number of carbonyl (C=O) groups excluding carboxylic acids is 3. The number of rotatable bonds is 4. The highest BCUT2D eigenvalue weighted by atomic mass is 16.5. The van der Waals surface area contributed by atoms with Gasteiger partial charge in [-0.25, -0.2) is 0 Å². The van der Waals surface area contributed by atoms with E-state index in [1.807, 2.05) is 12.1 Å². The molecule has 27 heavy (non-hydrogen) atoms. The highest BCUT2D eigenvalue weighted by Gasteiger charge is 2.41. The van der Waals surface area contributed by atoms with Gasteiger partial charge in [-0.1, -0.05) is 30.7 Å². The molecule has 3 aliphatic rings. The van der Waals surface area contributed by atoms with Crippen LogP contribution in [0.2, 0.25) is 0 Å². The second-order valence-corrected chi connectivity index (χ2v) is 8.21. The minimum Gasteiger partial charge on any atom is -0.455 e. The molecular weight excluding hydrogens is 342 g/mol. The number of ether oxygens (including phenoxy) is 1. The number of carbonyl (C=O) groups is 3. The summed E-state index contributed by atoms with van der Waals surface area (Å²) in [6.07, 6.45) is 7.03. The van der Waals surface area contributed by atoms with Crippen molar-refractivity contribution in [2.45, 2.75) is 57.4 Å². The minimum absolute atomic E-state index is 0.00666. The van der Waals surface area contributed by atoms with Gasteiger partial charge in [-0.15, -0.1) is 0 Å². The molecule has 1 N–H and O–H groups in total. The molecule has 0 saturated heterocycles. The van der Waals surface area contributed by atoms with E-state index in [2.05, 4.69) is 17.4 Å². The molecule has 2 fully saturated rings. The first-order valence-corrected chi connectivity index (χ1v) is 10.2. The van der Waals surface area contributed by atoms with E-state index in [4.69, 9.17) is 4.74 Å². The normalized spacial score (nSPS) is 29.6. The van der Waals surface area contributed by atoms with Crippen LogP contribution in [0.1, 0.15) is 62.1 Å².